The molecule has 19 heavy (non-hydrogen) atoms. The molecule has 1 aromatic heterocycles. The normalized spacial score (nSPS) is 10.5. The largest absolute Gasteiger partial charge is 0.493 e. The van der Waals surface area contributed by atoms with Crippen LogP contribution in [-0.2, 0) is 6.42 Å². The molecule has 0 fully saturated rings. The Labute approximate surface area is 115 Å². The van der Waals surface area contributed by atoms with Crippen LogP contribution in [0.2, 0.25) is 0 Å². The zero-order chi connectivity index (χ0) is 13.5. The molecule has 2 aromatic rings. The van der Waals surface area contributed by atoms with Gasteiger partial charge in [0.25, 0.3) is 5.56 Å². The fourth-order valence-corrected chi connectivity index (χ4v) is 2.61. The molecule has 2 rings (SSSR count). The number of H-pyrrole nitrogens is 1. The molecule has 100 valence electrons. The highest BCUT2D eigenvalue weighted by Crippen LogP contribution is 2.16. The van der Waals surface area contributed by atoms with Crippen molar-refractivity contribution < 1.29 is 5.11 Å². The maximum Gasteiger partial charge on any atom is 0.255 e. The van der Waals surface area contributed by atoms with Crippen molar-refractivity contribution in [1.82, 2.24) is 9.97 Å². The van der Waals surface area contributed by atoms with Gasteiger partial charge in [-0.2, -0.15) is 4.98 Å². The summed E-state index contributed by atoms with van der Waals surface area (Å²) in [4.78, 5) is 17.6. The highest BCUT2D eigenvalue weighted by molar-refractivity contribution is 7.99. The van der Waals surface area contributed by atoms with Crippen molar-refractivity contribution >= 4 is 11.8 Å². The number of benzene rings is 1. The Morgan fingerprint density at radius 3 is 2.74 bits per heavy atom. The molecule has 0 aliphatic carbocycles. The van der Waals surface area contributed by atoms with Gasteiger partial charge in [-0.3, -0.25) is 4.79 Å². The number of aryl methyl sites for hydroxylation is 1. The first-order valence-electron chi connectivity index (χ1n) is 6.21. The molecule has 5 heteroatoms. The second-order valence-corrected chi connectivity index (χ2v) is 5.28. The summed E-state index contributed by atoms with van der Waals surface area (Å²) in [6, 6.07) is 11.4. The predicted molar refractivity (Wildman–Crippen MR) is 76.6 cm³/mol. The van der Waals surface area contributed by atoms with E-state index in [4.69, 9.17) is 0 Å². The topological polar surface area (TPSA) is 66.0 Å². The molecule has 0 saturated carbocycles. The quantitative estimate of drug-likeness (QED) is 0.483. The van der Waals surface area contributed by atoms with Gasteiger partial charge in [-0.05, 0) is 24.8 Å². The first kappa shape index (κ1) is 13.7. The Morgan fingerprint density at radius 1 is 1.21 bits per heavy atom. The first-order chi connectivity index (χ1) is 9.24. The van der Waals surface area contributed by atoms with E-state index in [0.29, 0.717) is 5.16 Å². The van der Waals surface area contributed by atoms with Crippen LogP contribution in [0.1, 0.15) is 18.4 Å². The van der Waals surface area contributed by atoms with E-state index in [1.807, 2.05) is 18.2 Å². The predicted octanol–water partition coefficient (Wildman–Crippen LogP) is 2.59. The lowest BCUT2D eigenvalue weighted by Gasteiger charge is -2.02. The zero-order valence-electron chi connectivity index (χ0n) is 10.5. The highest BCUT2D eigenvalue weighted by Gasteiger charge is 2.00. The monoisotopic (exact) mass is 276 g/mol. The van der Waals surface area contributed by atoms with E-state index in [1.54, 1.807) is 0 Å². The van der Waals surface area contributed by atoms with Gasteiger partial charge >= 0.3 is 0 Å². The average molecular weight is 276 g/mol. The van der Waals surface area contributed by atoms with E-state index < -0.39 is 0 Å². The minimum absolute atomic E-state index is 0.226. The number of nitrogens with zero attached hydrogens (tertiary/aromatic N) is 1. The number of unbranched alkanes of at least 4 members (excludes halogenated alkanes) is 1. The van der Waals surface area contributed by atoms with Gasteiger partial charge in [-0.1, -0.05) is 42.1 Å². The summed E-state index contributed by atoms with van der Waals surface area (Å²) < 4.78 is 0. The molecule has 0 aliphatic heterocycles. The third kappa shape index (κ3) is 4.79. The van der Waals surface area contributed by atoms with Gasteiger partial charge < -0.3 is 10.1 Å². The highest BCUT2D eigenvalue weighted by atomic mass is 32.2. The molecule has 1 aromatic carbocycles. The molecule has 0 saturated heterocycles. The maximum absolute atomic E-state index is 11.1. The SMILES string of the molecule is O=c1cc(O)nc(SCCCCc2ccccc2)[nH]1. The molecular weight excluding hydrogens is 260 g/mol. The number of hydrogen-bond acceptors (Lipinski definition) is 4. The number of aromatic hydroxyl groups is 1. The fourth-order valence-electron chi connectivity index (χ4n) is 1.74. The number of aromatic nitrogens is 2. The Hall–Kier alpha value is -1.75. The summed E-state index contributed by atoms with van der Waals surface area (Å²) in [7, 11) is 0. The van der Waals surface area contributed by atoms with Crippen molar-refractivity contribution in [2.45, 2.75) is 24.4 Å². The summed E-state index contributed by atoms with van der Waals surface area (Å²) in [5.74, 6) is 0.648. The molecule has 0 radical (unpaired) electrons. The Kier molecular flexibility index (Phi) is 5.03. The first-order valence-corrected chi connectivity index (χ1v) is 7.19. The van der Waals surface area contributed by atoms with Crippen LogP contribution in [0.25, 0.3) is 0 Å². The van der Waals surface area contributed by atoms with Crippen LogP contribution in [0.5, 0.6) is 5.88 Å². The molecule has 0 unspecified atom stereocenters. The minimum atomic E-state index is -0.320. The maximum atomic E-state index is 11.1. The smallest absolute Gasteiger partial charge is 0.255 e. The molecule has 2 N–H and O–H groups in total. The van der Waals surface area contributed by atoms with Crippen molar-refractivity contribution in [2.24, 2.45) is 0 Å². The van der Waals surface area contributed by atoms with Crippen LogP contribution in [-0.4, -0.2) is 20.8 Å². The van der Waals surface area contributed by atoms with E-state index in [2.05, 4.69) is 22.1 Å². The summed E-state index contributed by atoms with van der Waals surface area (Å²) in [5.41, 5.74) is 1.02. The van der Waals surface area contributed by atoms with Crippen LogP contribution in [0.3, 0.4) is 0 Å². The molecule has 0 spiro atoms. The van der Waals surface area contributed by atoms with E-state index >= 15 is 0 Å². The number of nitrogens with one attached hydrogen (secondary N) is 1. The molecule has 0 aliphatic rings. The number of aromatic amines is 1. The summed E-state index contributed by atoms with van der Waals surface area (Å²) in [6.07, 6.45) is 3.20. The number of hydrogen-bond donors (Lipinski definition) is 2. The number of rotatable bonds is 6. The van der Waals surface area contributed by atoms with Gasteiger partial charge in [0.1, 0.15) is 0 Å². The van der Waals surface area contributed by atoms with Crippen LogP contribution in [0.15, 0.2) is 46.3 Å². The van der Waals surface area contributed by atoms with Crippen molar-refractivity contribution in [1.29, 1.82) is 0 Å². The van der Waals surface area contributed by atoms with Gasteiger partial charge in [0.15, 0.2) is 5.16 Å². The van der Waals surface area contributed by atoms with Crippen LogP contribution < -0.4 is 5.56 Å². The van der Waals surface area contributed by atoms with Crippen molar-refractivity contribution in [3.63, 3.8) is 0 Å². The third-order valence-electron chi connectivity index (χ3n) is 2.65. The average Bonchev–Trinajstić information content (AvgIpc) is 2.38. The van der Waals surface area contributed by atoms with Gasteiger partial charge in [0.2, 0.25) is 5.88 Å². The zero-order valence-corrected chi connectivity index (χ0v) is 11.3. The Bertz CT molecular complexity index is 569. The van der Waals surface area contributed by atoms with E-state index in [9.17, 15) is 9.90 Å². The minimum Gasteiger partial charge on any atom is -0.493 e. The Morgan fingerprint density at radius 2 is 2.00 bits per heavy atom. The summed E-state index contributed by atoms with van der Waals surface area (Å²) in [5, 5.41) is 9.68. The van der Waals surface area contributed by atoms with Crippen LogP contribution >= 0.6 is 11.8 Å². The standard InChI is InChI=1S/C14H16N2O2S/c17-12-10-13(18)16-14(15-12)19-9-5-4-8-11-6-2-1-3-7-11/h1-3,6-7,10H,4-5,8-9H2,(H2,15,16,17,18). The molecule has 0 bridgehead atoms. The van der Waals surface area contributed by atoms with E-state index in [-0.39, 0.29) is 11.4 Å². The second-order valence-electron chi connectivity index (χ2n) is 4.20. The third-order valence-corrected chi connectivity index (χ3v) is 3.61. The van der Waals surface area contributed by atoms with Crippen LogP contribution in [0.4, 0.5) is 0 Å². The van der Waals surface area contributed by atoms with Crippen molar-refractivity contribution in [3.8, 4) is 5.88 Å². The molecule has 0 amide bonds. The molecular formula is C14H16N2O2S. The van der Waals surface area contributed by atoms with Gasteiger partial charge in [-0.15, -0.1) is 0 Å². The second kappa shape index (κ2) is 6.99. The lowest BCUT2D eigenvalue weighted by molar-refractivity contribution is 0.444. The lowest BCUT2D eigenvalue weighted by Crippen LogP contribution is -2.06. The van der Waals surface area contributed by atoms with Gasteiger partial charge in [0, 0.05) is 5.75 Å². The van der Waals surface area contributed by atoms with Gasteiger partial charge in [0.05, 0.1) is 6.07 Å². The Balaban J connectivity index is 1.71. The summed E-state index contributed by atoms with van der Waals surface area (Å²) in [6.45, 7) is 0. The van der Waals surface area contributed by atoms with Crippen molar-refractivity contribution in [2.75, 3.05) is 5.75 Å². The molecule has 4 nitrogen and oxygen atoms in total. The summed E-state index contributed by atoms with van der Waals surface area (Å²) >= 11 is 1.46. The molecule has 1 heterocycles. The van der Waals surface area contributed by atoms with E-state index in [1.165, 1.54) is 17.3 Å². The lowest BCUT2D eigenvalue weighted by atomic mass is 10.1. The van der Waals surface area contributed by atoms with E-state index in [0.717, 1.165) is 31.1 Å². The van der Waals surface area contributed by atoms with Gasteiger partial charge in [-0.25, -0.2) is 0 Å². The van der Waals surface area contributed by atoms with Crippen LogP contribution in [0, 0.1) is 0 Å². The number of thioether (sulfide) groups is 1. The fraction of sp³-hybridized carbons (Fsp3) is 0.286. The molecule has 0 atom stereocenters. The van der Waals surface area contributed by atoms with Crippen molar-refractivity contribution in [3.05, 3.63) is 52.3 Å².